The normalized spacial score (nSPS) is 29.6. The minimum atomic E-state index is 0.741. The van der Waals surface area contributed by atoms with Crippen LogP contribution in [0, 0.1) is 0 Å². The molecule has 2 heteroatoms. The second kappa shape index (κ2) is 5.85. The van der Waals surface area contributed by atoms with Crippen LogP contribution in [0.4, 0.5) is 0 Å². The van der Waals surface area contributed by atoms with Gasteiger partial charge in [-0.2, -0.15) is 0 Å². The molecule has 2 aliphatic heterocycles. The maximum Gasteiger partial charge on any atom is 0.0253 e. The van der Waals surface area contributed by atoms with Crippen LogP contribution in [0.5, 0.6) is 0 Å². The molecule has 98 valence electrons. The Morgan fingerprint density at radius 1 is 1.06 bits per heavy atom. The zero-order valence-electron chi connectivity index (χ0n) is 11.1. The summed E-state index contributed by atoms with van der Waals surface area (Å²) in [6.07, 6.45) is 6.84. The number of likely N-dealkylation sites (tertiary alicyclic amines) is 1. The van der Waals surface area contributed by atoms with Crippen molar-refractivity contribution in [1.82, 2.24) is 10.2 Å². The number of piperidine rings is 1. The molecule has 0 aliphatic carbocycles. The molecule has 0 spiro atoms. The van der Waals surface area contributed by atoms with E-state index < -0.39 is 0 Å². The van der Waals surface area contributed by atoms with Crippen molar-refractivity contribution in [2.24, 2.45) is 0 Å². The molecule has 2 nitrogen and oxygen atoms in total. The van der Waals surface area contributed by atoms with E-state index in [4.69, 9.17) is 0 Å². The molecule has 2 fully saturated rings. The maximum atomic E-state index is 3.74. The van der Waals surface area contributed by atoms with Gasteiger partial charge in [0.1, 0.15) is 0 Å². The van der Waals surface area contributed by atoms with Crippen LogP contribution in [-0.4, -0.2) is 30.1 Å². The molecule has 0 saturated carbocycles. The average Bonchev–Trinajstić information content (AvgIpc) is 2.63. The zero-order valence-corrected chi connectivity index (χ0v) is 11.1. The van der Waals surface area contributed by atoms with Gasteiger partial charge in [-0.25, -0.2) is 0 Å². The van der Waals surface area contributed by atoms with Crippen molar-refractivity contribution in [2.45, 2.75) is 50.7 Å². The number of hydrogen-bond donors (Lipinski definition) is 1. The Hall–Kier alpha value is -0.860. The van der Waals surface area contributed by atoms with Gasteiger partial charge in [0, 0.05) is 18.6 Å². The Morgan fingerprint density at radius 3 is 2.83 bits per heavy atom. The predicted molar refractivity (Wildman–Crippen MR) is 75.5 cm³/mol. The van der Waals surface area contributed by atoms with Crippen LogP contribution in [-0.2, 0) is 6.54 Å². The first kappa shape index (κ1) is 12.2. The van der Waals surface area contributed by atoms with Gasteiger partial charge in [0.2, 0.25) is 0 Å². The van der Waals surface area contributed by atoms with Crippen molar-refractivity contribution in [3.05, 3.63) is 35.9 Å². The molecular formula is C16H24N2. The van der Waals surface area contributed by atoms with Crippen LogP contribution < -0.4 is 5.32 Å². The molecule has 2 saturated heterocycles. The fourth-order valence-electron chi connectivity index (χ4n) is 3.53. The van der Waals surface area contributed by atoms with Gasteiger partial charge in [-0.05, 0) is 44.3 Å². The molecule has 0 unspecified atom stereocenters. The smallest absolute Gasteiger partial charge is 0.0253 e. The summed E-state index contributed by atoms with van der Waals surface area (Å²) < 4.78 is 0. The van der Waals surface area contributed by atoms with Crippen molar-refractivity contribution in [2.75, 3.05) is 13.1 Å². The van der Waals surface area contributed by atoms with Gasteiger partial charge in [-0.1, -0.05) is 36.8 Å². The minimum Gasteiger partial charge on any atom is -0.312 e. The summed E-state index contributed by atoms with van der Waals surface area (Å²) in [5, 5.41) is 3.74. The first-order valence-corrected chi connectivity index (χ1v) is 7.45. The lowest BCUT2D eigenvalue weighted by molar-refractivity contribution is 0.132. The van der Waals surface area contributed by atoms with E-state index in [-0.39, 0.29) is 0 Å². The Morgan fingerprint density at radius 2 is 1.94 bits per heavy atom. The van der Waals surface area contributed by atoms with Crippen molar-refractivity contribution < 1.29 is 0 Å². The second-order valence-electron chi connectivity index (χ2n) is 5.72. The highest BCUT2D eigenvalue weighted by atomic mass is 15.2. The summed E-state index contributed by atoms with van der Waals surface area (Å²) in [5.41, 5.74) is 1.46. The molecule has 18 heavy (non-hydrogen) atoms. The summed E-state index contributed by atoms with van der Waals surface area (Å²) >= 11 is 0. The van der Waals surface area contributed by atoms with Crippen LogP contribution >= 0.6 is 0 Å². The fraction of sp³-hybridized carbons (Fsp3) is 0.625. The van der Waals surface area contributed by atoms with E-state index in [0.717, 1.165) is 18.6 Å². The molecule has 2 atom stereocenters. The van der Waals surface area contributed by atoms with E-state index in [9.17, 15) is 0 Å². The maximum absolute atomic E-state index is 3.74. The molecule has 0 amide bonds. The van der Waals surface area contributed by atoms with Gasteiger partial charge in [0.05, 0.1) is 0 Å². The first-order valence-electron chi connectivity index (χ1n) is 7.45. The first-order chi connectivity index (χ1) is 8.93. The average molecular weight is 244 g/mol. The lowest BCUT2D eigenvalue weighted by atomic mass is 9.94. The van der Waals surface area contributed by atoms with Crippen molar-refractivity contribution in [3.8, 4) is 0 Å². The van der Waals surface area contributed by atoms with Crippen LogP contribution in [0.25, 0.3) is 0 Å². The largest absolute Gasteiger partial charge is 0.312 e. The number of benzene rings is 1. The minimum absolute atomic E-state index is 0.741. The van der Waals surface area contributed by atoms with Crippen LogP contribution in [0.15, 0.2) is 30.3 Å². The molecular weight excluding hydrogens is 220 g/mol. The van der Waals surface area contributed by atoms with Gasteiger partial charge in [-0.3, -0.25) is 4.90 Å². The summed E-state index contributed by atoms with van der Waals surface area (Å²) in [6, 6.07) is 12.4. The third-order valence-corrected chi connectivity index (χ3v) is 4.46. The highest BCUT2D eigenvalue weighted by molar-refractivity contribution is 5.15. The second-order valence-corrected chi connectivity index (χ2v) is 5.72. The van der Waals surface area contributed by atoms with E-state index in [1.54, 1.807) is 0 Å². The van der Waals surface area contributed by atoms with Crippen molar-refractivity contribution in [3.63, 3.8) is 0 Å². The van der Waals surface area contributed by atoms with Gasteiger partial charge < -0.3 is 5.32 Å². The topological polar surface area (TPSA) is 15.3 Å². The Labute approximate surface area is 110 Å². The quantitative estimate of drug-likeness (QED) is 0.860. The number of nitrogens with zero attached hydrogens (tertiary/aromatic N) is 1. The molecule has 1 aromatic rings. The van der Waals surface area contributed by atoms with E-state index >= 15 is 0 Å². The summed E-state index contributed by atoms with van der Waals surface area (Å²) in [7, 11) is 0. The summed E-state index contributed by atoms with van der Waals surface area (Å²) in [5.74, 6) is 0. The van der Waals surface area contributed by atoms with Crippen LogP contribution in [0.3, 0.4) is 0 Å². The third-order valence-electron chi connectivity index (χ3n) is 4.46. The fourth-order valence-corrected chi connectivity index (χ4v) is 3.53. The Balaban J connectivity index is 1.72. The van der Waals surface area contributed by atoms with Crippen LogP contribution in [0.1, 0.15) is 37.7 Å². The monoisotopic (exact) mass is 244 g/mol. The molecule has 1 aromatic carbocycles. The number of rotatable bonds is 2. The molecule has 2 heterocycles. The lowest BCUT2D eigenvalue weighted by Crippen LogP contribution is -2.52. The standard InChI is InChI=1S/C16H24N2/c1-2-7-14(8-3-1)13-18-12-5-4-9-15-16(18)10-6-11-17-15/h1-3,7-8,15-17H,4-6,9-13H2/t15-,16-/m1/s1. The van der Waals surface area contributed by atoms with Gasteiger partial charge in [-0.15, -0.1) is 0 Å². The molecule has 0 bridgehead atoms. The van der Waals surface area contributed by atoms with Gasteiger partial charge in [0.15, 0.2) is 0 Å². The van der Waals surface area contributed by atoms with Gasteiger partial charge in [0.25, 0.3) is 0 Å². The highest BCUT2D eigenvalue weighted by Gasteiger charge is 2.31. The lowest BCUT2D eigenvalue weighted by Gasteiger charge is -2.39. The van der Waals surface area contributed by atoms with Crippen LogP contribution in [0.2, 0.25) is 0 Å². The van der Waals surface area contributed by atoms with Gasteiger partial charge >= 0.3 is 0 Å². The van der Waals surface area contributed by atoms with E-state index in [2.05, 4.69) is 40.5 Å². The summed E-state index contributed by atoms with van der Waals surface area (Å²) in [4.78, 5) is 2.72. The predicted octanol–water partition coefficient (Wildman–Crippen LogP) is 2.79. The Bertz CT molecular complexity index is 363. The third kappa shape index (κ3) is 2.76. The SMILES string of the molecule is c1ccc(CN2CCCC[C@H]3NCCC[C@H]32)cc1. The number of hydrogen-bond acceptors (Lipinski definition) is 2. The van der Waals surface area contributed by atoms with Crippen molar-refractivity contribution in [1.29, 1.82) is 0 Å². The molecule has 0 radical (unpaired) electrons. The van der Waals surface area contributed by atoms with E-state index in [1.165, 1.54) is 50.8 Å². The molecule has 1 N–H and O–H groups in total. The zero-order chi connectivity index (χ0) is 12.2. The molecule has 3 rings (SSSR count). The summed E-state index contributed by atoms with van der Waals surface area (Å²) in [6.45, 7) is 3.63. The number of nitrogens with one attached hydrogen (secondary N) is 1. The molecule has 0 aromatic heterocycles. The number of fused-ring (bicyclic) bond motifs is 1. The van der Waals surface area contributed by atoms with E-state index in [1.807, 2.05) is 0 Å². The molecule has 2 aliphatic rings. The Kier molecular flexibility index (Phi) is 3.96. The van der Waals surface area contributed by atoms with Crippen molar-refractivity contribution >= 4 is 0 Å². The van der Waals surface area contributed by atoms with E-state index in [0.29, 0.717) is 0 Å². The highest BCUT2D eigenvalue weighted by Crippen LogP contribution is 2.25.